The minimum atomic E-state index is 0.905. The van der Waals surface area contributed by atoms with Gasteiger partial charge in [-0.3, -0.25) is 0 Å². The van der Waals surface area contributed by atoms with Crippen molar-refractivity contribution in [2.75, 3.05) is 0 Å². The van der Waals surface area contributed by atoms with Crippen LogP contribution in [0.15, 0.2) is 23.8 Å². The Hall–Kier alpha value is -0.520. The van der Waals surface area contributed by atoms with E-state index in [1.165, 1.54) is 24.0 Å². The quantitative estimate of drug-likeness (QED) is 0.428. The molecule has 0 amide bonds. The molecule has 0 nitrogen and oxygen atoms in total. The van der Waals surface area contributed by atoms with Gasteiger partial charge < -0.3 is 0 Å². The third-order valence-electron chi connectivity index (χ3n) is 1.88. The molecule has 0 aromatic heterocycles. The topological polar surface area (TPSA) is 0 Å². The van der Waals surface area contributed by atoms with Crippen LogP contribution in [0.4, 0.5) is 0 Å². The lowest BCUT2D eigenvalue weighted by molar-refractivity contribution is 0.673. The van der Waals surface area contributed by atoms with Crippen molar-refractivity contribution in [2.45, 2.75) is 12.8 Å². The van der Waals surface area contributed by atoms with Gasteiger partial charge in [-0.25, -0.2) is 0 Å². The molecule has 1 unspecified atom stereocenters. The Labute approximate surface area is 43.5 Å². The maximum atomic E-state index is 3.91. The van der Waals surface area contributed by atoms with Gasteiger partial charge in [0.15, 0.2) is 0 Å². The van der Waals surface area contributed by atoms with Crippen LogP contribution in [0.5, 0.6) is 0 Å². The second-order valence-corrected chi connectivity index (χ2v) is 2.46. The van der Waals surface area contributed by atoms with E-state index in [-0.39, 0.29) is 0 Å². The monoisotopic (exact) mass is 92.1 g/mol. The molecule has 0 aromatic carbocycles. The van der Waals surface area contributed by atoms with Gasteiger partial charge in [-0.15, -0.1) is 0 Å². The smallest absolute Gasteiger partial charge is 0.0147 e. The second-order valence-electron chi connectivity index (χ2n) is 2.46. The molecule has 0 aromatic rings. The Bertz CT molecular complexity index is 151. The maximum Gasteiger partial charge on any atom is -0.0147 e. The Morgan fingerprint density at radius 2 is 2.29 bits per heavy atom. The molecule has 1 atom stereocenters. The molecular formula is C7H8. The molecule has 0 saturated heterocycles. The van der Waals surface area contributed by atoms with Gasteiger partial charge in [-0.05, 0) is 24.3 Å². The largest absolute Gasteiger partial charge is 0.0955 e. The summed E-state index contributed by atoms with van der Waals surface area (Å²) in [5, 5.41) is 0. The summed E-state index contributed by atoms with van der Waals surface area (Å²) in [6.45, 7) is 3.91. The van der Waals surface area contributed by atoms with E-state index in [0.29, 0.717) is 0 Å². The predicted molar refractivity (Wildman–Crippen MR) is 29.9 cm³/mol. The number of hydrogen-bond acceptors (Lipinski definition) is 0. The van der Waals surface area contributed by atoms with Crippen LogP contribution in [-0.2, 0) is 0 Å². The molecule has 7 heavy (non-hydrogen) atoms. The van der Waals surface area contributed by atoms with Crippen molar-refractivity contribution in [1.29, 1.82) is 0 Å². The number of hydrogen-bond donors (Lipinski definition) is 0. The molecule has 1 fully saturated rings. The van der Waals surface area contributed by atoms with E-state index >= 15 is 0 Å². The second kappa shape index (κ2) is 0.835. The summed E-state index contributed by atoms with van der Waals surface area (Å²) in [4.78, 5) is 0. The molecule has 2 bridgehead atoms. The van der Waals surface area contributed by atoms with Crippen molar-refractivity contribution in [1.82, 2.24) is 0 Å². The lowest BCUT2D eigenvalue weighted by atomic mass is 9.97. The van der Waals surface area contributed by atoms with E-state index in [9.17, 15) is 0 Å². The molecule has 36 valence electrons. The van der Waals surface area contributed by atoms with Gasteiger partial charge in [0.05, 0.1) is 0 Å². The highest BCUT2D eigenvalue weighted by molar-refractivity contribution is 5.43. The summed E-state index contributed by atoms with van der Waals surface area (Å²) in [6, 6.07) is 0. The van der Waals surface area contributed by atoms with Crippen LogP contribution < -0.4 is 0 Å². The highest BCUT2D eigenvalue weighted by Gasteiger charge is 2.29. The van der Waals surface area contributed by atoms with Crippen molar-refractivity contribution in [2.24, 2.45) is 5.92 Å². The molecule has 3 rings (SSSR count). The summed E-state index contributed by atoms with van der Waals surface area (Å²) in [5.41, 5.74) is 2.93. The fourth-order valence-corrected chi connectivity index (χ4v) is 1.37. The van der Waals surface area contributed by atoms with Crippen molar-refractivity contribution < 1.29 is 0 Å². The van der Waals surface area contributed by atoms with E-state index in [0.717, 1.165) is 5.92 Å². The Balaban J connectivity index is 2.46. The first kappa shape index (κ1) is 3.48. The van der Waals surface area contributed by atoms with Gasteiger partial charge in [-0.2, -0.15) is 0 Å². The SMILES string of the molecule is C=C1CC2C=C1C2. The summed E-state index contributed by atoms with van der Waals surface area (Å²) < 4.78 is 0. The molecule has 1 saturated carbocycles. The normalized spacial score (nSPS) is 35.1. The zero-order valence-electron chi connectivity index (χ0n) is 4.28. The number of fused-ring (bicyclic) bond motifs is 1. The van der Waals surface area contributed by atoms with Gasteiger partial charge in [0.25, 0.3) is 0 Å². The van der Waals surface area contributed by atoms with Crippen LogP contribution in [0.25, 0.3) is 0 Å². The first-order valence-electron chi connectivity index (χ1n) is 2.75. The molecule has 0 radical (unpaired) electrons. The fourth-order valence-electron chi connectivity index (χ4n) is 1.37. The van der Waals surface area contributed by atoms with E-state index < -0.39 is 0 Å². The van der Waals surface area contributed by atoms with Gasteiger partial charge >= 0.3 is 0 Å². The van der Waals surface area contributed by atoms with Gasteiger partial charge in [0.1, 0.15) is 0 Å². The molecule has 0 heterocycles. The summed E-state index contributed by atoms with van der Waals surface area (Å²) in [6.07, 6.45) is 4.93. The zero-order valence-corrected chi connectivity index (χ0v) is 4.28. The minimum Gasteiger partial charge on any atom is -0.0955 e. The third-order valence-corrected chi connectivity index (χ3v) is 1.88. The molecule has 3 aliphatic carbocycles. The Morgan fingerprint density at radius 1 is 1.57 bits per heavy atom. The number of allylic oxidation sites excluding steroid dienone is 3. The first-order valence-corrected chi connectivity index (χ1v) is 2.75. The summed E-state index contributed by atoms with van der Waals surface area (Å²) in [7, 11) is 0. The lowest BCUT2D eigenvalue weighted by Gasteiger charge is -2.08. The predicted octanol–water partition coefficient (Wildman–Crippen LogP) is 1.89. The van der Waals surface area contributed by atoms with Crippen molar-refractivity contribution in [3.63, 3.8) is 0 Å². The number of rotatable bonds is 0. The Morgan fingerprint density at radius 3 is 2.43 bits per heavy atom. The molecule has 0 spiro atoms. The third kappa shape index (κ3) is 0.277. The van der Waals surface area contributed by atoms with Crippen LogP contribution in [0.3, 0.4) is 0 Å². The lowest BCUT2D eigenvalue weighted by Crippen LogP contribution is -1.94. The Kier molecular flexibility index (Phi) is 0.415. The van der Waals surface area contributed by atoms with Gasteiger partial charge in [-0.1, -0.05) is 18.2 Å². The standard InChI is InChI=1S/C7H8/c1-5-2-6-3-7(5)4-6/h3,6H,1-2,4H2. The van der Waals surface area contributed by atoms with E-state index in [2.05, 4.69) is 12.7 Å². The van der Waals surface area contributed by atoms with Gasteiger partial charge in [0.2, 0.25) is 0 Å². The van der Waals surface area contributed by atoms with E-state index in [1.54, 1.807) is 0 Å². The maximum absolute atomic E-state index is 3.91. The van der Waals surface area contributed by atoms with Crippen LogP contribution in [0, 0.1) is 5.92 Å². The molecule has 3 aliphatic rings. The highest BCUT2D eigenvalue weighted by atomic mass is 14.3. The average molecular weight is 92.1 g/mol. The minimum absolute atomic E-state index is 0.905. The van der Waals surface area contributed by atoms with Crippen LogP contribution in [0.2, 0.25) is 0 Å². The zero-order chi connectivity index (χ0) is 4.85. The van der Waals surface area contributed by atoms with Crippen LogP contribution >= 0.6 is 0 Å². The molecular weight excluding hydrogens is 84.1 g/mol. The first-order chi connectivity index (χ1) is 3.36. The van der Waals surface area contributed by atoms with Gasteiger partial charge in [0, 0.05) is 0 Å². The fraction of sp³-hybridized carbons (Fsp3) is 0.429. The molecule has 0 N–H and O–H groups in total. The van der Waals surface area contributed by atoms with Crippen LogP contribution in [-0.4, -0.2) is 0 Å². The van der Waals surface area contributed by atoms with Crippen molar-refractivity contribution in [3.8, 4) is 0 Å². The summed E-state index contributed by atoms with van der Waals surface area (Å²) in [5.74, 6) is 0.905. The summed E-state index contributed by atoms with van der Waals surface area (Å²) >= 11 is 0. The molecule has 0 aliphatic heterocycles. The van der Waals surface area contributed by atoms with E-state index in [1.807, 2.05) is 0 Å². The average Bonchev–Trinajstić information content (AvgIpc) is 1.85. The van der Waals surface area contributed by atoms with Crippen molar-refractivity contribution in [3.05, 3.63) is 23.8 Å². The molecule has 0 heteroatoms. The highest BCUT2D eigenvalue weighted by Crippen LogP contribution is 2.44. The van der Waals surface area contributed by atoms with E-state index in [4.69, 9.17) is 0 Å². The van der Waals surface area contributed by atoms with Crippen molar-refractivity contribution >= 4 is 0 Å². The van der Waals surface area contributed by atoms with Crippen LogP contribution in [0.1, 0.15) is 12.8 Å².